The molecule has 0 heterocycles. The highest BCUT2D eigenvalue weighted by molar-refractivity contribution is 5.86. The van der Waals surface area contributed by atoms with Crippen molar-refractivity contribution in [3.8, 4) is 5.75 Å². The first-order valence-corrected chi connectivity index (χ1v) is 8.63. The highest BCUT2D eigenvalue weighted by Crippen LogP contribution is 2.36. The first kappa shape index (κ1) is 25.8. The molecule has 0 atom stereocenters. The summed E-state index contributed by atoms with van der Waals surface area (Å²) in [5.41, 5.74) is -4.42. The van der Waals surface area contributed by atoms with Crippen LogP contribution in [0.2, 0.25) is 0 Å². The summed E-state index contributed by atoms with van der Waals surface area (Å²) in [4.78, 5) is 40.3. The third kappa shape index (κ3) is 8.15. The van der Waals surface area contributed by atoms with Crippen LogP contribution in [0, 0.1) is 30.3 Å². The molecule has 0 aliphatic heterocycles. The summed E-state index contributed by atoms with van der Waals surface area (Å²) < 4.78 is 0. The van der Waals surface area contributed by atoms with Gasteiger partial charge in [0, 0.05) is 0 Å². The fourth-order valence-corrected chi connectivity index (χ4v) is 2.16. The minimum Gasteiger partial charge on any atom is -0.863 e. The smallest absolute Gasteiger partial charge is 0.283 e. The van der Waals surface area contributed by atoms with Gasteiger partial charge in [0.2, 0.25) is 0 Å². The predicted molar refractivity (Wildman–Crippen MR) is 98.7 cm³/mol. The van der Waals surface area contributed by atoms with Crippen LogP contribution >= 0.6 is 0 Å². The summed E-state index contributed by atoms with van der Waals surface area (Å²) in [5.74, 6) is -1.52. The molecule has 0 bridgehead atoms. The van der Waals surface area contributed by atoms with Crippen LogP contribution < -0.4 is 10.0 Å². The fraction of sp³-hybridized carbons (Fsp3) is 0.562. The Morgan fingerprint density at radius 2 is 1.41 bits per heavy atom. The van der Waals surface area contributed by atoms with Crippen LogP contribution in [-0.4, -0.2) is 50.9 Å². The molecule has 0 radical (unpaired) electrons. The lowest BCUT2D eigenvalue weighted by Gasteiger charge is -2.18. The first-order valence-electron chi connectivity index (χ1n) is 8.63. The van der Waals surface area contributed by atoms with Crippen molar-refractivity contribution < 1.29 is 34.7 Å². The summed E-state index contributed by atoms with van der Waals surface area (Å²) in [5, 5.41) is 51.5. The number of Topliss-reactive ketones (excluding diaryl/α,β-unsaturated/α-hetero) is 1. The van der Waals surface area contributed by atoms with E-state index in [9.17, 15) is 45.4 Å². The van der Waals surface area contributed by atoms with E-state index in [1.807, 2.05) is 0 Å². The Morgan fingerprint density at radius 1 is 1.00 bits per heavy atom. The fourth-order valence-electron chi connectivity index (χ4n) is 2.16. The van der Waals surface area contributed by atoms with Crippen LogP contribution in [0.3, 0.4) is 0 Å². The van der Waals surface area contributed by atoms with E-state index in [0.717, 1.165) is 19.6 Å². The lowest BCUT2D eigenvalue weighted by atomic mass is 10.0. The number of rotatable bonds is 9. The van der Waals surface area contributed by atoms with Gasteiger partial charge in [-0.3, -0.25) is 35.1 Å². The number of non-ortho nitro benzene ring substituents is 1. The molecule has 0 aliphatic carbocycles. The molecular formula is C16H24N4O9. The Hall–Kier alpha value is -3.19. The molecule has 1 aromatic carbocycles. The molecule has 2 N–H and O–H groups in total. The number of nitro groups is 3. The lowest BCUT2D eigenvalue weighted by molar-refractivity contribution is -0.895. The number of benzene rings is 1. The Morgan fingerprint density at radius 3 is 1.69 bits per heavy atom. The van der Waals surface area contributed by atoms with Gasteiger partial charge in [0.15, 0.2) is 5.78 Å². The van der Waals surface area contributed by atoms with Gasteiger partial charge in [0.05, 0.1) is 58.7 Å². The molecule has 0 fully saturated rings. The van der Waals surface area contributed by atoms with Crippen molar-refractivity contribution >= 4 is 22.8 Å². The molecular weight excluding hydrogens is 392 g/mol. The number of quaternary nitrogens is 1. The largest absolute Gasteiger partial charge is 0.863 e. The van der Waals surface area contributed by atoms with Crippen molar-refractivity contribution in [3.05, 3.63) is 42.5 Å². The number of carbonyl (C=O) groups excluding carboxylic acids is 1. The number of aliphatic hydroxyl groups is 1. The second-order valence-corrected chi connectivity index (χ2v) is 6.52. The molecule has 0 saturated heterocycles. The van der Waals surface area contributed by atoms with Crippen molar-refractivity contribution in [1.29, 1.82) is 0 Å². The summed E-state index contributed by atoms with van der Waals surface area (Å²) in [6.45, 7) is 10.2. The van der Waals surface area contributed by atoms with E-state index in [1.165, 1.54) is 4.90 Å². The van der Waals surface area contributed by atoms with Crippen molar-refractivity contribution in [1.82, 2.24) is 0 Å². The highest BCUT2D eigenvalue weighted by Gasteiger charge is 2.25. The number of hydrogen-bond donors (Lipinski definition) is 2. The van der Waals surface area contributed by atoms with Gasteiger partial charge in [0.1, 0.15) is 5.60 Å². The zero-order valence-corrected chi connectivity index (χ0v) is 16.5. The molecule has 0 aromatic heterocycles. The number of carbonyl (C=O) groups is 1. The minimum atomic E-state index is -1.46. The van der Waals surface area contributed by atoms with E-state index in [0.29, 0.717) is 18.6 Å². The summed E-state index contributed by atoms with van der Waals surface area (Å²) in [7, 11) is 0. The molecule has 1 aromatic rings. The van der Waals surface area contributed by atoms with Gasteiger partial charge in [-0.2, -0.15) is 0 Å². The third-order valence-electron chi connectivity index (χ3n) is 4.03. The van der Waals surface area contributed by atoms with Crippen molar-refractivity contribution in [2.45, 2.75) is 39.7 Å². The van der Waals surface area contributed by atoms with Crippen LogP contribution in [-0.2, 0) is 4.79 Å². The number of ketones is 1. The van der Waals surface area contributed by atoms with E-state index < -0.39 is 43.2 Å². The quantitative estimate of drug-likeness (QED) is 0.415. The van der Waals surface area contributed by atoms with Crippen LogP contribution in [0.15, 0.2) is 12.1 Å². The third-order valence-corrected chi connectivity index (χ3v) is 4.03. The zero-order valence-electron chi connectivity index (χ0n) is 16.5. The van der Waals surface area contributed by atoms with E-state index in [4.69, 9.17) is 0 Å². The maximum absolute atomic E-state index is 11.3. The van der Waals surface area contributed by atoms with Crippen molar-refractivity contribution in [2.75, 3.05) is 19.6 Å². The average molecular weight is 416 g/mol. The van der Waals surface area contributed by atoms with E-state index in [1.54, 1.807) is 13.8 Å². The van der Waals surface area contributed by atoms with Crippen LogP contribution in [0.5, 0.6) is 5.75 Å². The molecule has 0 spiro atoms. The molecule has 0 unspecified atom stereocenters. The minimum absolute atomic E-state index is 0.0631. The summed E-state index contributed by atoms with van der Waals surface area (Å²) in [6, 6.07) is 0.769. The molecule has 162 valence electrons. The Labute approximate surface area is 166 Å². The Balaban J connectivity index is 0.000000555. The molecule has 13 nitrogen and oxygen atoms in total. The number of nitrogens with one attached hydrogen (secondary N) is 1. The molecule has 0 amide bonds. The second kappa shape index (κ2) is 11.0. The highest BCUT2D eigenvalue weighted by atomic mass is 16.6. The van der Waals surface area contributed by atoms with Gasteiger partial charge in [-0.15, -0.1) is 0 Å². The first-order chi connectivity index (χ1) is 13.3. The molecule has 29 heavy (non-hydrogen) atoms. The number of nitrogens with zero attached hydrogens (tertiary/aromatic N) is 3. The molecule has 13 heteroatoms. The maximum Gasteiger partial charge on any atom is 0.283 e. The Kier molecular flexibility index (Phi) is 9.76. The van der Waals surface area contributed by atoms with Gasteiger partial charge < -0.3 is 15.1 Å². The van der Waals surface area contributed by atoms with Crippen molar-refractivity contribution in [2.24, 2.45) is 0 Å². The number of nitro benzene ring substituents is 3. The van der Waals surface area contributed by atoms with E-state index >= 15 is 0 Å². The van der Waals surface area contributed by atoms with Gasteiger partial charge in [-0.1, -0.05) is 0 Å². The van der Waals surface area contributed by atoms with Crippen LogP contribution in [0.4, 0.5) is 17.1 Å². The monoisotopic (exact) mass is 416 g/mol. The zero-order chi connectivity index (χ0) is 22.9. The van der Waals surface area contributed by atoms with Gasteiger partial charge in [0.25, 0.3) is 17.1 Å². The lowest BCUT2D eigenvalue weighted by Crippen LogP contribution is -3.11. The maximum atomic E-state index is 11.3. The standard InChI is InChI=1S/C10H21NO2.C6H3N3O7/c1-5-11(6-2)8-7-9(12)10(3,4)13;10-6-4(8(13)14)1-3(7(11)12)2-5(6)9(15)16/h13H,5-8H2,1-4H3;1-2,10H. The van der Waals surface area contributed by atoms with E-state index in [-0.39, 0.29) is 5.78 Å². The SMILES string of the molecule is CC[NH+](CC)CCC(=O)C(C)(C)O.O=[N+]([O-])c1cc([N+](=O)[O-])c([O-])c([N+](=O)[O-])c1. The van der Waals surface area contributed by atoms with Gasteiger partial charge in [-0.05, 0) is 27.7 Å². The van der Waals surface area contributed by atoms with Gasteiger partial charge >= 0.3 is 0 Å². The van der Waals surface area contributed by atoms with Crippen molar-refractivity contribution in [3.63, 3.8) is 0 Å². The average Bonchev–Trinajstić information content (AvgIpc) is 2.61. The predicted octanol–water partition coefficient (Wildman–Crippen LogP) is 0.126. The molecule has 0 saturated carbocycles. The van der Waals surface area contributed by atoms with Gasteiger partial charge in [-0.25, -0.2) is 0 Å². The normalized spacial score (nSPS) is 10.8. The summed E-state index contributed by atoms with van der Waals surface area (Å²) in [6.07, 6.45) is 0.473. The molecule has 1 rings (SSSR count). The van der Waals surface area contributed by atoms with Crippen LogP contribution in [0.1, 0.15) is 34.1 Å². The number of hydrogen-bond acceptors (Lipinski definition) is 9. The summed E-state index contributed by atoms with van der Waals surface area (Å²) >= 11 is 0. The second-order valence-electron chi connectivity index (χ2n) is 6.52. The topological polar surface area (TPSA) is 194 Å². The Bertz CT molecular complexity index is 735. The molecule has 0 aliphatic rings. The van der Waals surface area contributed by atoms with E-state index in [2.05, 4.69) is 13.8 Å². The van der Waals surface area contributed by atoms with Crippen LogP contribution in [0.25, 0.3) is 0 Å².